The van der Waals surface area contributed by atoms with E-state index in [1.54, 1.807) is 43.3 Å². The molecule has 9 heteroatoms. The molecule has 3 aromatic rings. The monoisotopic (exact) mass is 613 g/mol. The number of anilines is 1. The quantitative estimate of drug-likeness (QED) is 0.305. The van der Waals surface area contributed by atoms with Gasteiger partial charge in [-0.25, -0.2) is 8.42 Å². The topological polar surface area (TPSA) is 86.8 Å². The fraction of sp³-hybridized carbons (Fsp3) is 0.333. The average Bonchev–Trinajstić information content (AvgIpc) is 2.91. The van der Waals surface area contributed by atoms with Crippen LogP contribution >= 0.6 is 15.9 Å². The third-order valence-electron chi connectivity index (χ3n) is 6.64. The van der Waals surface area contributed by atoms with Crippen LogP contribution in [0.4, 0.5) is 5.69 Å². The van der Waals surface area contributed by atoms with Crippen molar-refractivity contribution in [2.45, 2.75) is 64.6 Å². The minimum absolute atomic E-state index is 0.0579. The number of hydrogen-bond donors (Lipinski definition) is 1. The van der Waals surface area contributed by atoms with Gasteiger partial charge in [0.15, 0.2) is 0 Å². The Labute approximate surface area is 240 Å². The first kappa shape index (κ1) is 30.4. The Kier molecular flexibility index (Phi) is 10.3. The van der Waals surface area contributed by atoms with Crippen molar-refractivity contribution in [3.63, 3.8) is 0 Å². The minimum Gasteiger partial charge on any atom is -0.352 e. The van der Waals surface area contributed by atoms with Crippen LogP contribution in [0.15, 0.2) is 82.2 Å². The SMILES string of the molecule is CCC(C)NC(=O)C(C)N(Cc1ccc(C)cc1)C(=O)CN(c1ccc(Br)cc1)S(=O)(=O)c1ccc(C)cc1. The van der Waals surface area contributed by atoms with Crippen LogP contribution in [0.3, 0.4) is 0 Å². The lowest BCUT2D eigenvalue weighted by Gasteiger charge is -2.32. The molecule has 7 nitrogen and oxygen atoms in total. The molecule has 208 valence electrons. The predicted octanol–water partition coefficient (Wildman–Crippen LogP) is 5.59. The van der Waals surface area contributed by atoms with E-state index in [9.17, 15) is 18.0 Å². The van der Waals surface area contributed by atoms with Crippen LogP contribution in [-0.4, -0.2) is 43.8 Å². The Morgan fingerprint density at radius 1 is 0.872 bits per heavy atom. The Morgan fingerprint density at radius 3 is 1.95 bits per heavy atom. The van der Waals surface area contributed by atoms with Gasteiger partial charge < -0.3 is 10.2 Å². The van der Waals surface area contributed by atoms with Crippen LogP contribution in [0, 0.1) is 13.8 Å². The molecule has 0 saturated heterocycles. The number of aryl methyl sites for hydroxylation is 2. The van der Waals surface area contributed by atoms with Gasteiger partial charge in [-0.15, -0.1) is 0 Å². The average molecular weight is 615 g/mol. The summed E-state index contributed by atoms with van der Waals surface area (Å²) in [6.45, 7) is 9.08. The number of amides is 2. The maximum Gasteiger partial charge on any atom is 0.264 e. The van der Waals surface area contributed by atoms with Gasteiger partial charge in [0.05, 0.1) is 10.6 Å². The van der Waals surface area contributed by atoms with E-state index >= 15 is 0 Å². The van der Waals surface area contributed by atoms with E-state index in [1.807, 2.05) is 52.0 Å². The van der Waals surface area contributed by atoms with Gasteiger partial charge in [0.25, 0.3) is 10.0 Å². The van der Waals surface area contributed by atoms with Crippen molar-refractivity contribution in [3.05, 3.63) is 94.0 Å². The summed E-state index contributed by atoms with van der Waals surface area (Å²) in [5.74, 6) is -0.776. The maximum absolute atomic E-state index is 13.9. The zero-order valence-corrected chi connectivity index (χ0v) is 25.4. The minimum atomic E-state index is -4.09. The normalized spacial score (nSPS) is 12.9. The van der Waals surface area contributed by atoms with Crippen molar-refractivity contribution < 1.29 is 18.0 Å². The lowest BCUT2D eigenvalue weighted by Crippen LogP contribution is -2.52. The lowest BCUT2D eigenvalue weighted by atomic mass is 10.1. The molecule has 3 rings (SSSR count). The molecule has 0 aliphatic rings. The van der Waals surface area contributed by atoms with Crippen LogP contribution < -0.4 is 9.62 Å². The number of halogens is 1. The molecule has 3 aromatic carbocycles. The summed E-state index contributed by atoms with van der Waals surface area (Å²) < 4.78 is 29.6. The molecule has 2 amide bonds. The van der Waals surface area contributed by atoms with Crippen molar-refractivity contribution >= 4 is 43.5 Å². The predicted molar refractivity (Wildman–Crippen MR) is 159 cm³/mol. The standard InChI is InChI=1S/C30H36BrN3O4S/c1-6-23(4)32-30(36)24(5)33(19-25-11-7-21(2)8-12-25)29(35)20-34(27-15-13-26(31)14-16-27)39(37,38)28-17-9-22(3)10-18-28/h7-18,23-24H,6,19-20H2,1-5H3,(H,32,36). The highest BCUT2D eigenvalue weighted by molar-refractivity contribution is 9.10. The molecular formula is C30H36BrN3O4S. The van der Waals surface area contributed by atoms with Gasteiger partial charge in [0.1, 0.15) is 12.6 Å². The Morgan fingerprint density at radius 2 is 1.41 bits per heavy atom. The molecule has 0 radical (unpaired) electrons. The first-order valence-electron chi connectivity index (χ1n) is 12.9. The summed E-state index contributed by atoms with van der Waals surface area (Å²) in [4.78, 5) is 28.6. The van der Waals surface area contributed by atoms with Gasteiger partial charge in [0.2, 0.25) is 11.8 Å². The van der Waals surface area contributed by atoms with E-state index in [0.717, 1.165) is 31.9 Å². The molecule has 0 aliphatic carbocycles. The van der Waals surface area contributed by atoms with Crippen LogP contribution in [0.2, 0.25) is 0 Å². The highest BCUT2D eigenvalue weighted by atomic mass is 79.9. The number of carbonyl (C=O) groups is 2. The second-order valence-corrected chi connectivity index (χ2v) is 12.6. The summed E-state index contributed by atoms with van der Waals surface area (Å²) in [6.07, 6.45) is 0.747. The number of benzene rings is 3. The third-order valence-corrected chi connectivity index (χ3v) is 8.96. The Balaban J connectivity index is 2.01. The Hall–Kier alpha value is -3.17. The van der Waals surface area contributed by atoms with Crippen molar-refractivity contribution in [2.24, 2.45) is 0 Å². The molecule has 0 aromatic heterocycles. The molecule has 0 spiro atoms. The van der Waals surface area contributed by atoms with Crippen molar-refractivity contribution in [1.29, 1.82) is 0 Å². The highest BCUT2D eigenvalue weighted by Crippen LogP contribution is 2.26. The third kappa shape index (κ3) is 7.92. The van der Waals surface area contributed by atoms with E-state index in [-0.39, 0.29) is 23.4 Å². The van der Waals surface area contributed by atoms with Gasteiger partial charge in [-0.3, -0.25) is 13.9 Å². The number of rotatable bonds is 11. The van der Waals surface area contributed by atoms with Gasteiger partial charge in [-0.05, 0) is 76.1 Å². The van der Waals surface area contributed by atoms with E-state index in [4.69, 9.17) is 0 Å². The lowest BCUT2D eigenvalue weighted by molar-refractivity contribution is -0.139. The molecule has 0 fully saturated rings. The Bertz CT molecular complexity index is 1380. The van der Waals surface area contributed by atoms with Crippen LogP contribution in [0.1, 0.15) is 43.9 Å². The van der Waals surface area contributed by atoms with E-state index in [1.165, 1.54) is 17.0 Å². The summed E-state index contributed by atoms with van der Waals surface area (Å²) >= 11 is 3.39. The second-order valence-electron chi connectivity index (χ2n) is 9.80. The maximum atomic E-state index is 13.9. The second kappa shape index (κ2) is 13.3. The molecule has 0 aliphatic heterocycles. The molecule has 0 saturated carbocycles. The number of nitrogens with one attached hydrogen (secondary N) is 1. The summed E-state index contributed by atoms with van der Waals surface area (Å²) in [7, 11) is -4.09. The van der Waals surface area contributed by atoms with E-state index in [2.05, 4.69) is 21.2 Å². The van der Waals surface area contributed by atoms with Crippen molar-refractivity contribution in [3.8, 4) is 0 Å². The van der Waals surface area contributed by atoms with Gasteiger partial charge >= 0.3 is 0 Å². The summed E-state index contributed by atoms with van der Waals surface area (Å²) in [6, 6.07) is 20.1. The zero-order valence-electron chi connectivity index (χ0n) is 23.0. The van der Waals surface area contributed by atoms with Crippen LogP contribution in [0.25, 0.3) is 0 Å². The van der Waals surface area contributed by atoms with E-state index in [0.29, 0.717) is 5.69 Å². The summed E-state index contributed by atoms with van der Waals surface area (Å²) in [5, 5.41) is 2.94. The number of sulfonamides is 1. The fourth-order valence-electron chi connectivity index (χ4n) is 3.91. The molecule has 0 bridgehead atoms. The van der Waals surface area contributed by atoms with Gasteiger partial charge in [-0.1, -0.05) is 70.4 Å². The smallest absolute Gasteiger partial charge is 0.264 e. The molecule has 2 unspecified atom stereocenters. The van der Waals surface area contributed by atoms with Crippen molar-refractivity contribution in [2.75, 3.05) is 10.8 Å². The molecule has 2 atom stereocenters. The fourth-order valence-corrected chi connectivity index (χ4v) is 5.59. The zero-order chi connectivity index (χ0) is 28.7. The van der Waals surface area contributed by atoms with Crippen molar-refractivity contribution in [1.82, 2.24) is 10.2 Å². The van der Waals surface area contributed by atoms with Gasteiger partial charge in [-0.2, -0.15) is 0 Å². The summed E-state index contributed by atoms with van der Waals surface area (Å²) in [5.41, 5.74) is 3.18. The number of hydrogen-bond acceptors (Lipinski definition) is 4. The molecule has 39 heavy (non-hydrogen) atoms. The molecular weight excluding hydrogens is 578 g/mol. The molecule has 0 heterocycles. The number of nitrogens with zero attached hydrogens (tertiary/aromatic N) is 2. The largest absolute Gasteiger partial charge is 0.352 e. The van der Waals surface area contributed by atoms with Gasteiger partial charge in [0, 0.05) is 17.1 Å². The molecule has 1 N–H and O–H groups in total. The first-order valence-corrected chi connectivity index (χ1v) is 15.2. The number of carbonyl (C=O) groups excluding carboxylic acids is 2. The van der Waals surface area contributed by atoms with Crippen LogP contribution in [-0.2, 0) is 26.2 Å². The first-order chi connectivity index (χ1) is 18.4. The van der Waals surface area contributed by atoms with Crippen LogP contribution in [0.5, 0.6) is 0 Å². The highest BCUT2D eigenvalue weighted by Gasteiger charge is 2.32. The van der Waals surface area contributed by atoms with E-state index < -0.39 is 28.5 Å².